The molecule has 3 aromatic rings. The highest BCUT2D eigenvalue weighted by Crippen LogP contribution is 2.31. The predicted octanol–water partition coefficient (Wildman–Crippen LogP) is 2.35. The van der Waals surface area contributed by atoms with Crippen molar-refractivity contribution in [3.63, 3.8) is 0 Å². The molecule has 10 heteroatoms. The lowest BCUT2D eigenvalue weighted by molar-refractivity contribution is -0.116. The predicted molar refractivity (Wildman–Crippen MR) is 129 cm³/mol. The molecule has 0 bridgehead atoms. The van der Waals surface area contributed by atoms with Crippen LogP contribution in [0.4, 0.5) is 11.5 Å². The van der Waals surface area contributed by atoms with Gasteiger partial charge in [0.2, 0.25) is 15.9 Å². The molecule has 0 aliphatic carbocycles. The minimum absolute atomic E-state index is 0.0235. The largest absolute Gasteiger partial charge is 0.352 e. The summed E-state index contributed by atoms with van der Waals surface area (Å²) in [5, 5.41) is 8.67. The maximum Gasteiger partial charge on any atom is 0.243 e. The Labute approximate surface area is 199 Å². The quantitative estimate of drug-likeness (QED) is 0.567. The minimum atomic E-state index is -3.62. The highest BCUT2D eigenvalue weighted by Gasteiger charge is 2.30. The first kappa shape index (κ1) is 22.4. The fraction of sp³-hybridized carbons (Fsp3) is 0.333. The van der Waals surface area contributed by atoms with Crippen LogP contribution in [0.2, 0.25) is 0 Å². The molecule has 2 aromatic heterocycles. The molecule has 1 saturated heterocycles. The highest BCUT2D eigenvalue weighted by molar-refractivity contribution is 7.89. The molecule has 9 nitrogen and oxygen atoms in total. The van der Waals surface area contributed by atoms with E-state index in [0.717, 1.165) is 41.2 Å². The molecule has 1 aromatic carbocycles. The highest BCUT2D eigenvalue weighted by atomic mass is 32.2. The summed E-state index contributed by atoms with van der Waals surface area (Å²) in [6.45, 7) is 4.01. The van der Waals surface area contributed by atoms with Crippen LogP contribution in [0, 0.1) is 0 Å². The normalized spacial score (nSPS) is 16.9. The van der Waals surface area contributed by atoms with E-state index in [1.165, 1.54) is 11.2 Å². The molecule has 34 heavy (non-hydrogen) atoms. The van der Waals surface area contributed by atoms with Crippen LogP contribution in [0.3, 0.4) is 0 Å². The molecule has 0 spiro atoms. The Kier molecular flexibility index (Phi) is 6.01. The van der Waals surface area contributed by atoms with E-state index < -0.39 is 10.0 Å². The van der Waals surface area contributed by atoms with Crippen molar-refractivity contribution >= 4 is 27.4 Å². The van der Waals surface area contributed by atoms with Crippen molar-refractivity contribution in [2.75, 3.05) is 42.5 Å². The van der Waals surface area contributed by atoms with Crippen molar-refractivity contribution in [2.45, 2.75) is 24.7 Å². The van der Waals surface area contributed by atoms with Gasteiger partial charge in [0, 0.05) is 63.3 Å². The van der Waals surface area contributed by atoms with Crippen molar-refractivity contribution in [1.82, 2.24) is 19.5 Å². The van der Waals surface area contributed by atoms with Crippen molar-refractivity contribution < 1.29 is 13.2 Å². The van der Waals surface area contributed by atoms with Crippen LogP contribution in [-0.2, 0) is 21.2 Å². The maximum atomic E-state index is 13.3. The van der Waals surface area contributed by atoms with Gasteiger partial charge in [-0.05, 0) is 60.9 Å². The van der Waals surface area contributed by atoms with E-state index in [4.69, 9.17) is 0 Å². The van der Waals surface area contributed by atoms with E-state index in [2.05, 4.69) is 15.2 Å². The summed E-state index contributed by atoms with van der Waals surface area (Å²) in [5.41, 5.74) is 3.44. The van der Waals surface area contributed by atoms with Gasteiger partial charge in [-0.3, -0.25) is 9.78 Å². The van der Waals surface area contributed by atoms with Gasteiger partial charge >= 0.3 is 0 Å². The van der Waals surface area contributed by atoms with Gasteiger partial charge in [-0.2, -0.15) is 4.31 Å². The lowest BCUT2D eigenvalue weighted by Gasteiger charge is -2.35. The number of nitrogens with zero attached hydrogens (tertiary/aromatic N) is 6. The monoisotopic (exact) mass is 478 g/mol. The maximum absolute atomic E-state index is 13.3. The van der Waals surface area contributed by atoms with E-state index >= 15 is 0 Å². The molecule has 176 valence electrons. The van der Waals surface area contributed by atoms with E-state index in [-0.39, 0.29) is 10.8 Å². The number of hydrogen-bond donors (Lipinski definition) is 0. The Hall–Kier alpha value is -3.37. The van der Waals surface area contributed by atoms with Crippen molar-refractivity contribution in [2.24, 2.45) is 0 Å². The molecular weight excluding hydrogens is 452 g/mol. The summed E-state index contributed by atoms with van der Waals surface area (Å²) in [7, 11) is -3.62. The van der Waals surface area contributed by atoms with Crippen molar-refractivity contribution in [3.8, 4) is 11.3 Å². The summed E-state index contributed by atoms with van der Waals surface area (Å²) >= 11 is 0. The third-order valence-electron chi connectivity index (χ3n) is 6.38. The van der Waals surface area contributed by atoms with Crippen molar-refractivity contribution in [3.05, 3.63) is 60.4 Å². The third-order valence-corrected chi connectivity index (χ3v) is 8.27. The Morgan fingerprint density at radius 2 is 1.68 bits per heavy atom. The number of rotatable bonds is 4. The molecule has 1 amide bonds. The third kappa shape index (κ3) is 4.26. The zero-order valence-corrected chi connectivity index (χ0v) is 19.8. The van der Waals surface area contributed by atoms with Crippen LogP contribution in [-0.4, -0.2) is 66.5 Å². The van der Waals surface area contributed by atoms with Gasteiger partial charge in [-0.25, -0.2) is 8.42 Å². The summed E-state index contributed by atoms with van der Waals surface area (Å²) in [6.07, 6.45) is 5.03. The van der Waals surface area contributed by atoms with E-state index in [0.29, 0.717) is 32.7 Å². The van der Waals surface area contributed by atoms with Crippen LogP contribution < -0.4 is 9.80 Å². The zero-order valence-electron chi connectivity index (χ0n) is 19.0. The zero-order chi connectivity index (χ0) is 23.7. The molecule has 5 rings (SSSR count). The smallest absolute Gasteiger partial charge is 0.243 e. The first-order valence-electron chi connectivity index (χ1n) is 11.3. The molecule has 0 atom stereocenters. The number of anilines is 2. The van der Waals surface area contributed by atoms with E-state index in [9.17, 15) is 13.2 Å². The average Bonchev–Trinajstić information content (AvgIpc) is 2.88. The van der Waals surface area contributed by atoms with Gasteiger partial charge in [0.05, 0.1) is 10.6 Å². The van der Waals surface area contributed by atoms with Crippen LogP contribution in [0.25, 0.3) is 11.3 Å². The number of amides is 1. The van der Waals surface area contributed by atoms with Crippen LogP contribution in [0.1, 0.15) is 18.9 Å². The van der Waals surface area contributed by atoms with Gasteiger partial charge in [-0.15, -0.1) is 10.2 Å². The Morgan fingerprint density at radius 3 is 2.35 bits per heavy atom. The molecule has 0 unspecified atom stereocenters. The molecule has 1 fully saturated rings. The van der Waals surface area contributed by atoms with Gasteiger partial charge in [-0.1, -0.05) is 0 Å². The van der Waals surface area contributed by atoms with Gasteiger partial charge < -0.3 is 9.80 Å². The molecule has 4 heterocycles. The number of fused-ring (bicyclic) bond motifs is 1. The lowest BCUT2D eigenvalue weighted by Crippen LogP contribution is -2.49. The standard InChI is InChI=1S/C24H26N6O3S/c1-18(31)30-12-2-3-20-17-21(4-6-23(20)30)34(32,33)29-15-13-28(14-16-29)24-7-5-22(26-27-24)19-8-10-25-11-9-19/h4-11,17H,2-3,12-16H2,1H3. The summed E-state index contributed by atoms with van der Waals surface area (Å²) in [4.78, 5) is 20.0. The second-order valence-electron chi connectivity index (χ2n) is 8.47. The molecule has 0 N–H and O–H groups in total. The van der Waals surface area contributed by atoms with E-state index in [1.54, 1.807) is 35.5 Å². The van der Waals surface area contributed by atoms with E-state index in [1.807, 2.05) is 29.2 Å². The Bertz CT molecular complexity index is 1290. The number of benzene rings is 1. The van der Waals surface area contributed by atoms with Crippen LogP contribution in [0.15, 0.2) is 59.8 Å². The SMILES string of the molecule is CC(=O)N1CCCc2cc(S(=O)(=O)N3CCN(c4ccc(-c5ccncc5)nn4)CC3)ccc21. The second-order valence-corrected chi connectivity index (χ2v) is 10.4. The molecule has 0 saturated carbocycles. The molecule has 2 aliphatic rings. The number of sulfonamides is 1. The number of pyridine rings is 1. The first-order valence-corrected chi connectivity index (χ1v) is 12.8. The Morgan fingerprint density at radius 1 is 0.912 bits per heavy atom. The summed E-state index contributed by atoms with van der Waals surface area (Å²) < 4.78 is 28.2. The van der Waals surface area contributed by atoms with Crippen molar-refractivity contribution in [1.29, 1.82) is 0 Å². The minimum Gasteiger partial charge on any atom is -0.352 e. The second kappa shape index (κ2) is 9.11. The summed E-state index contributed by atoms with van der Waals surface area (Å²) in [6, 6.07) is 12.7. The fourth-order valence-corrected chi connectivity index (χ4v) is 6.01. The number of carbonyl (C=O) groups excluding carboxylic acids is 1. The summed E-state index contributed by atoms with van der Waals surface area (Å²) in [5.74, 6) is 0.706. The average molecular weight is 479 g/mol. The van der Waals surface area contributed by atoms with Gasteiger partial charge in [0.15, 0.2) is 5.82 Å². The number of hydrogen-bond acceptors (Lipinski definition) is 7. The number of carbonyl (C=O) groups is 1. The van der Waals surface area contributed by atoms with Gasteiger partial charge in [0.25, 0.3) is 0 Å². The van der Waals surface area contributed by atoms with Crippen LogP contribution in [0.5, 0.6) is 0 Å². The molecule has 0 radical (unpaired) electrons. The van der Waals surface area contributed by atoms with Crippen LogP contribution >= 0.6 is 0 Å². The number of piperazine rings is 1. The number of aryl methyl sites for hydroxylation is 1. The Balaban J connectivity index is 1.28. The molecular formula is C24H26N6O3S. The number of aromatic nitrogens is 3. The fourth-order valence-electron chi connectivity index (χ4n) is 4.54. The lowest BCUT2D eigenvalue weighted by atomic mass is 10.0. The van der Waals surface area contributed by atoms with Gasteiger partial charge in [0.1, 0.15) is 0 Å². The first-order chi connectivity index (χ1) is 16.4. The molecule has 2 aliphatic heterocycles. The topological polar surface area (TPSA) is 99.6 Å².